The molecule has 0 spiro atoms. The maximum absolute atomic E-state index is 12.5. The van der Waals surface area contributed by atoms with Crippen molar-refractivity contribution >= 4 is 17.6 Å². The number of hydrogen-bond acceptors (Lipinski definition) is 5. The topological polar surface area (TPSA) is 94.1 Å². The number of nitrogens with one attached hydrogen (secondary N) is 1. The van der Waals surface area contributed by atoms with Crippen LogP contribution in [-0.4, -0.2) is 37.3 Å². The average Bonchev–Trinajstić information content (AvgIpc) is 2.61. The molecule has 0 bridgehead atoms. The number of hydrogen-bond donors (Lipinski definition) is 2. The van der Waals surface area contributed by atoms with Crippen molar-refractivity contribution in [2.24, 2.45) is 0 Å². The molecule has 2 aromatic rings. The third kappa shape index (κ3) is 5.49. The van der Waals surface area contributed by atoms with Crippen molar-refractivity contribution in [1.82, 2.24) is 0 Å². The van der Waals surface area contributed by atoms with Crippen LogP contribution in [0.4, 0.5) is 5.69 Å². The van der Waals surface area contributed by atoms with Crippen molar-refractivity contribution < 1.29 is 28.9 Å². The van der Waals surface area contributed by atoms with Gasteiger partial charge in [-0.05, 0) is 42.8 Å². The lowest BCUT2D eigenvalue weighted by Crippen LogP contribution is -2.13. The summed E-state index contributed by atoms with van der Waals surface area (Å²) in [6.45, 7) is 2.11. The van der Waals surface area contributed by atoms with Crippen LogP contribution >= 0.6 is 0 Å². The number of carboxylic acid groups (broad SMARTS) is 1. The number of ether oxygens (including phenoxy) is 3. The molecule has 0 saturated carbocycles. The van der Waals surface area contributed by atoms with E-state index in [1.165, 1.54) is 12.1 Å². The first-order valence-electron chi connectivity index (χ1n) is 8.04. The van der Waals surface area contributed by atoms with E-state index in [4.69, 9.17) is 19.3 Å². The normalized spacial score (nSPS) is 10.2. The van der Waals surface area contributed by atoms with E-state index in [0.717, 1.165) is 5.56 Å². The lowest BCUT2D eigenvalue weighted by Gasteiger charge is -2.13. The molecular weight excluding hydrogens is 338 g/mol. The smallest absolute Gasteiger partial charge is 0.341 e. The van der Waals surface area contributed by atoms with E-state index < -0.39 is 12.6 Å². The largest absolute Gasteiger partial charge is 0.490 e. The highest BCUT2D eigenvalue weighted by Gasteiger charge is 2.13. The Kier molecular flexibility index (Phi) is 6.99. The van der Waals surface area contributed by atoms with Crippen LogP contribution < -0.4 is 14.8 Å². The van der Waals surface area contributed by atoms with Crippen molar-refractivity contribution in [1.29, 1.82) is 0 Å². The van der Waals surface area contributed by atoms with Gasteiger partial charge >= 0.3 is 5.97 Å². The highest BCUT2D eigenvalue weighted by atomic mass is 16.5. The fourth-order valence-electron chi connectivity index (χ4n) is 2.29. The summed E-state index contributed by atoms with van der Waals surface area (Å²) in [5.74, 6) is -0.821. The van der Waals surface area contributed by atoms with E-state index in [0.29, 0.717) is 30.2 Å². The minimum Gasteiger partial charge on any atom is -0.490 e. The van der Waals surface area contributed by atoms with E-state index in [9.17, 15) is 9.59 Å². The van der Waals surface area contributed by atoms with Crippen LogP contribution in [0.15, 0.2) is 42.5 Å². The molecule has 0 heterocycles. The van der Waals surface area contributed by atoms with Gasteiger partial charge in [0.15, 0.2) is 18.1 Å². The number of carboxylic acids is 1. The molecule has 7 nitrogen and oxygen atoms in total. The molecule has 26 heavy (non-hydrogen) atoms. The van der Waals surface area contributed by atoms with Crippen molar-refractivity contribution in [3.05, 3.63) is 53.6 Å². The van der Waals surface area contributed by atoms with Gasteiger partial charge in [0.1, 0.15) is 0 Å². The molecule has 2 rings (SSSR count). The number of methoxy groups -OCH3 is 1. The first kappa shape index (κ1) is 19.3. The second-order valence-corrected chi connectivity index (χ2v) is 5.36. The Morgan fingerprint density at radius 1 is 1.08 bits per heavy atom. The third-order valence-electron chi connectivity index (χ3n) is 3.35. The van der Waals surface area contributed by atoms with Crippen molar-refractivity contribution in [2.45, 2.75) is 13.5 Å². The van der Waals surface area contributed by atoms with Crippen LogP contribution in [0.3, 0.4) is 0 Å². The molecule has 0 unspecified atom stereocenters. The summed E-state index contributed by atoms with van der Waals surface area (Å²) in [5, 5.41) is 11.5. The van der Waals surface area contributed by atoms with Gasteiger partial charge in [0.25, 0.3) is 5.91 Å². The van der Waals surface area contributed by atoms with Crippen LogP contribution in [0, 0.1) is 0 Å². The summed E-state index contributed by atoms with van der Waals surface area (Å²) in [4.78, 5) is 23.1. The van der Waals surface area contributed by atoms with Gasteiger partial charge in [0.2, 0.25) is 0 Å². The molecule has 0 saturated heterocycles. The summed E-state index contributed by atoms with van der Waals surface area (Å²) < 4.78 is 15.7. The third-order valence-corrected chi connectivity index (χ3v) is 3.35. The minimum atomic E-state index is -1.09. The number of benzene rings is 2. The van der Waals surface area contributed by atoms with Gasteiger partial charge in [-0.3, -0.25) is 4.79 Å². The molecule has 0 aliphatic heterocycles. The lowest BCUT2D eigenvalue weighted by molar-refractivity contribution is -0.139. The van der Waals surface area contributed by atoms with Crippen molar-refractivity contribution in [3.8, 4) is 11.5 Å². The molecular formula is C19H21NO6. The molecule has 1 amide bonds. The first-order chi connectivity index (χ1) is 12.5. The van der Waals surface area contributed by atoms with Crippen LogP contribution in [-0.2, 0) is 16.1 Å². The van der Waals surface area contributed by atoms with Crippen LogP contribution in [0.2, 0.25) is 0 Å². The van der Waals surface area contributed by atoms with E-state index in [1.807, 2.05) is 18.2 Å². The lowest BCUT2D eigenvalue weighted by atomic mass is 10.1. The van der Waals surface area contributed by atoms with Crippen molar-refractivity contribution in [2.75, 3.05) is 25.6 Å². The minimum absolute atomic E-state index is 0.271. The summed E-state index contributed by atoms with van der Waals surface area (Å²) >= 11 is 0. The maximum atomic E-state index is 12.5. The Labute approximate surface area is 151 Å². The molecule has 0 aliphatic rings. The van der Waals surface area contributed by atoms with Gasteiger partial charge in [0, 0.05) is 18.4 Å². The number of carbonyl (C=O) groups is 2. The Hall–Kier alpha value is -3.06. The Morgan fingerprint density at radius 3 is 2.58 bits per heavy atom. The van der Waals surface area contributed by atoms with Crippen molar-refractivity contribution in [3.63, 3.8) is 0 Å². The van der Waals surface area contributed by atoms with Gasteiger partial charge in [-0.2, -0.15) is 0 Å². The van der Waals surface area contributed by atoms with Gasteiger partial charge in [-0.25, -0.2) is 4.79 Å². The number of rotatable bonds is 9. The van der Waals surface area contributed by atoms with Crippen LogP contribution in [0.1, 0.15) is 22.8 Å². The molecule has 138 valence electrons. The second kappa shape index (κ2) is 9.43. The van der Waals surface area contributed by atoms with Gasteiger partial charge < -0.3 is 24.6 Å². The summed E-state index contributed by atoms with van der Waals surface area (Å²) in [5.41, 5.74) is 1.96. The molecule has 7 heteroatoms. The highest BCUT2D eigenvalue weighted by Crippen LogP contribution is 2.29. The Balaban J connectivity index is 2.16. The van der Waals surface area contributed by atoms with Crippen LogP contribution in [0.5, 0.6) is 11.5 Å². The summed E-state index contributed by atoms with van der Waals surface area (Å²) in [6.07, 6.45) is 0. The predicted molar refractivity (Wildman–Crippen MR) is 95.9 cm³/mol. The molecule has 0 fully saturated rings. The van der Waals surface area contributed by atoms with E-state index in [1.54, 1.807) is 26.2 Å². The zero-order valence-corrected chi connectivity index (χ0v) is 14.7. The molecule has 2 aromatic carbocycles. The monoisotopic (exact) mass is 359 g/mol. The average molecular weight is 359 g/mol. The SMILES string of the molecule is CCOc1cc(C(=O)Nc2cccc(COC)c2)ccc1OCC(=O)O. The zero-order chi connectivity index (χ0) is 18.9. The second-order valence-electron chi connectivity index (χ2n) is 5.36. The predicted octanol–water partition coefficient (Wildman–Crippen LogP) is 2.95. The maximum Gasteiger partial charge on any atom is 0.341 e. The van der Waals surface area contributed by atoms with E-state index in [2.05, 4.69) is 5.32 Å². The summed E-state index contributed by atoms with van der Waals surface area (Å²) in [6, 6.07) is 11.9. The highest BCUT2D eigenvalue weighted by molar-refractivity contribution is 6.04. The first-order valence-corrected chi connectivity index (χ1v) is 8.04. The molecule has 0 atom stereocenters. The van der Waals surface area contributed by atoms with E-state index >= 15 is 0 Å². The van der Waals surface area contributed by atoms with Gasteiger partial charge in [0.05, 0.1) is 13.2 Å². The Morgan fingerprint density at radius 2 is 1.88 bits per heavy atom. The van der Waals surface area contributed by atoms with Crippen LogP contribution in [0.25, 0.3) is 0 Å². The number of amides is 1. The standard InChI is InChI=1S/C19H21NO6/c1-3-25-17-10-14(7-8-16(17)26-12-18(21)22)19(23)20-15-6-4-5-13(9-15)11-24-2/h4-10H,3,11-12H2,1-2H3,(H,20,23)(H,21,22). The van der Waals surface area contributed by atoms with Gasteiger partial charge in [-0.15, -0.1) is 0 Å². The number of anilines is 1. The van der Waals surface area contributed by atoms with E-state index in [-0.39, 0.29) is 11.7 Å². The molecule has 0 radical (unpaired) electrons. The molecule has 0 aliphatic carbocycles. The Bertz CT molecular complexity index is 774. The number of carbonyl (C=O) groups excluding carboxylic acids is 1. The fourth-order valence-corrected chi connectivity index (χ4v) is 2.29. The molecule has 0 aromatic heterocycles. The quantitative estimate of drug-likeness (QED) is 0.715. The molecule has 2 N–H and O–H groups in total. The fraction of sp³-hybridized carbons (Fsp3) is 0.263. The van der Waals surface area contributed by atoms with Gasteiger partial charge in [-0.1, -0.05) is 12.1 Å². The zero-order valence-electron chi connectivity index (χ0n) is 14.7. The number of aliphatic carboxylic acids is 1. The summed E-state index contributed by atoms with van der Waals surface area (Å²) in [7, 11) is 1.61.